The van der Waals surface area contributed by atoms with Crippen molar-refractivity contribution >= 4 is 35.5 Å². The second-order valence-corrected chi connectivity index (χ2v) is 9.01. The van der Waals surface area contributed by atoms with Gasteiger partial charge in [-0.3, -0.25) is 10.6 Å². The highest BCUT2D eigenvalue weighted by Crippen LogP contribution is 2.17. The molecular weight excluding hydrogens is 504 g/mol. The SMILES string of the molecule is C=C(C)C(=O)OC[C@@H](C)OC(=O)Nc1ccc(Cc2ccc(NC(=O)O[C@@H](C)COC(=O)C(=C)C)cc2)cc1. The predicted octanol–water partition coefficient (Wildman–Crippen LogP) is 5.39. The molecule has 208 valence electrons. The van der Waals surface area contributed by atoms with E-state index in [1.165, 1.54) is 13.8 Å². The first-order valence-electron chi connectivity index (χ1n) is 12.2. The molecule has 10 nitrogen and oxygen atoms in total. The van der Waals surface area contributed by atoms with Crippen LogP contribution in [-0.4, -0.2) is 49.5 Å². The van der Waals surface area contributed by atoms with Crippen LogP contribution in [0.1, 0.15) is 38.8 Å². The highest BCUT2D eigenvalue weighted by atomic mass is 16.6. The average molecular weight is 539 g/mol. The number of benzene rings is 2. The molecular formula is C29H34N2O8. The van der Waals surface area contributed by atoms with Gasteiger partial charge in [0, 0.05) is 22.5 Å². The van der Waals surface area contributed by atoms with Gasteiger partial charge in [-0.15, -0.1) is 0 Å². The Labute approximate surface area is 228 Å². The van der Waals surface area contributed by atoms with Crippen LogP contribution in [0.3, 0.4) is 0 Å². The number of rotatable bonds is 12. The number of anilines is 2. The minimum absolute atomic E-state index is 0.0698. The molecule has 0 fully saturated rings. The van der Waals surface area contributed by atoms with Crippen LogP contribution in [0.25, 0.3) is 0 Å². The molecule has 0 aliphatic rings. The molecule has 0 spiro atoms. The lowest BCUT2D eigenvalue weighted by Gasteiger charge is -2.14. The van der Waals surface area contributed by atoms with Gasteiger partial charge in [0.1, 0.15) is 25.4 Å². The van der Waals surface area contributed by atoms with Gasteiger partial charge in [0.15, 0.2) is 0 Å². The molecule has 0 heterocycles. The van der Waals surface area contributed by atoms with Gasteiger partial charge < -0.3 is 18.9 Å². The zero-order chi connectivity index (χ0) is 28.9. The van der Waals surface area contributed by atoms with Gasteiger partial charge in [0.05, 0.1) is 0 Å². The summed E-state index contributed by atoms with van der Waals surface area (Å²) in [6, 6.07) is 14.5. The number of carbonyl (C=O) groups is 4. The Morgan fingerprint density at radius 1 is 0.667 bits per heavy atom. The van der Waals surface area contributed by atoms with Crippen LogP contribution < -0.4 is 10.6 Å². The van der Waals surface area contributed by atoms with Crippen LogP contribution in [-0.2, 0) is 35.0 Å². The van der Waals surface area contributed by atoms with Gasteiger partial charge in [0.2, 0.25) is 0 Å². The molecule has 0 aliphatic carbocycles. The van der Waals surface area contributed by atoms with Crippen molar-refractivity contribution in [1.82, 2.24) is 0 Å². The van der Waals surface area contributed by atoms with Gasteiger partial charge >= 0.3 is 24.1 Å². The zero-order valence-corrected chi connectivity index (χ0v) is 22.6. The van der Waals surface area contributed by atoms with Crippen molar-refractivity contribution < 1.29 is 38.1 Å². The fourth-order valence-electron chi connectivity index (χ4n) is 3.01. The van der Waals surface area contributed by atoms with Gasteiger partial charge in [-0.25, -0.2) is 19.2 Å². The molecule has 0 aromatic heterocycles. The second kappa shape index (κ2) is 15.0. The van der Waals surface area contributed by atoms with Crippen molar-refractivity contribution in [2.75, 3.05) is 23.8 Å². The topological polar surface area (TPSA) is 129 Å². The highest BCUT2D eigenvalue weighted by Gasteiger charge is 2.14. The Morgan fingerprint density at radius 2 is 1.00 bits per heavy atom. The molecule has 2 N–H and O–H groups in total. The van der Waals surface area contributed by atoms with Crippen molar-refractivity contribution in [3.05, 3.63) is 84.0 Å². The van der Waals surface area contributed by atoms with Crippen LogP contribution >= 0.6 is 0 Å². The van der Waals surface area contributed by atoms with Crippen molar-refractivity contribution in [1.29, 1.82) is 0 Å². The Morgan fingerprint density at radius 3 is 1.31 bits per heavy atom. The molecule has 0 bridgehead atoms. The van der Waals surface area contributed by atoms with Gasteiger partial charge in [-0.1, -0.05) is 37.4 Å². The summed E-state index contributed by atoms with van der Waals surface area (Å²) in [4.78, 5) is 47.0. The number of ether oxygens (including phenoxy) is 4. The van der Waals surface area contributed by atoms with Gasteiger partial charge in [-0.05, 0) is 69.5 Å². The van der Waals surface area contributed by atoms with Crippen LogP contribution in [0.15, 0.2) is 72.8 Å². The third kappa shape index (κ3) is 11.5. The molecule has 0 unspecified atom stereocenters. The first-order chi connectivity index (χ1) is 18.4. The van der Waals surface area contributed by atoms with Crippen LogP contribution in [0.2, 0.25) is 0 Å². The normalized spacial score (nSPS) is 11.8. The Hall–Kier alpha value is -4.60. The third-order valence-corrected chi connectivity index (χ3v) is 5.02. The van der Waals surface area contributed by atoms with E-state index in [2.05, 4.69) is 23.8 Å². The molecule has 0 radical (unpaired) electrons. The second-order valence-electron chi connectivity index (χ2n) is 9.01. The Bertz CT molecular complexity index is 1100. The van der Waals surface area contributed by atoms with Crippen LogP contribution in [0.5, 0.6) is 0 Å². The fourth-order valence-corrected chi connectivity index (χ4v) is 3.01. The summed E-state index contributed by atoms with van der Waals surface area (Å²) < 4.78 is 20.3. The maximum Gasteiger partial charge on any atom is 0.412 e. The first kappa shape index (κ1) is 30.6. The van der Waals surface area contributed by atoms with E-state index in [0.717, 1.165) is 11.1 Å². The molecule has 39 heavy (non-hydrogen) atoms. The average Bonchev–Trinajstić information content (AvgIpc) is 2.87. The quantitative estimate of drug-likeness (QED) is 0.209. The number of carbonyl (C=O) groups excluding carboxylic acids is 4. The summed E-state index contributed by atoms with van der Waals surface area (Å²) in [5.74, 6) is -1.08. The van der Waals surface area contributed by atoms with E-state index in [0.29, 0.717) is 17.8 Å². The van der Waals surface area contributed by atoms with Crippen molar-refractivity contribution in [2.24, 2.45) is 0 Å². The summed E-state index contributed by atoms with van der Waals surface area (Å²) in [5.41, 5.74) is 3.66. The first-order valence-corrected chi connectivity index (χ1v) is 12.2. The summed E-state index contributed by atoms with van der Waals surface area (Å²) in [7, 11) is 0. The molecule has 2 aromatic rings. The van der Waals surface area contributed by atoms with Crippen molar-refractivity contribution in [2.45, 2.75) is 46.3 Å². The van der Waals surface area contributed by atoms with E-state index in [-0.39, 0.29) is 24.4 Å². The third-order valence-electron chi connectivity index (χ3n) is 5.02. The number of hydrogen-bond donors (Lipinski definition) is 2. The minimum atomic E-state index is -0.662. The molecule has 2 atom stereocenters. The van der Waals surface area contributed by atoms with Crippen molar-refractivity contribution in [3.63, 3.8) is 0 Å². The number of hydrogen-bond acceptors (Lipinski definition) is 8. The number of amides is 2. The summed E-state index contributed by atoms with van der Waals surface area (Å²) >= 11 is 0. The van der Waals surface area contributed by atoms with Crippen LogP contribution in [0, 0.1) is 0 Å². The molecule has 0 saturated carbocycles. The monoisotopic (exact) mass is 538 g/mol. The largest absolute Gasteiger partial charge is 0.458 e. The van der Waals surface area contributed by atoms with Gasteiger partial charge in [-0.2, -0.15) is 0 Å². The van der Waals surface area contributed by atoms with Gasteiger partial charge in [0.25, 0.3) is 0 Å². The Balaban J connectivity index is 1.78. The maximum atomic E-state index is 12.1. The minimum Gasteiger partial charge on any atom is -0.458 e. The van der Waals surface area contributed by atoms with Crippen LogP contribution in [0.4, 0.5) is 21.0 Å². The van der Waals surface area contributed by atoms with E-state index in [1.807, 2.05) is 24.3 Å². The molecule has 2 aromatic carbocycles. The number of nitrogens with one attached hydrogen (secondary N) is 2. The molecule has 2 amide bonds. The summed E-state index contributed by atoms with van der Waals surface area (Å²) in [6.07, 6.45) is -1.94. The van der Waals surface area contributed by atoms with E-state index < -0.39 is 36.3 Å². The summed E-state index contributed by atoms with van der Waals surface area (Å²) in [5, 5.41) is 5.26. The zero-order valence-electron chi connectivity index (χ0n) is 22.6. The lowest BCUT2D eigenvalue weighted by molar-refractivity contribution is -0.142. The predicted molar refractivity (Wildman–Crippen MR) is 146 cm³/mol. The Kier molecular flexibility index (Phi) is 11.8. The molecule has 0 aliphatic heterocycles. The van der Waals surface area contributed by atoms with E-state index >= 15 is 0 Å². The molecule has 10 heteroatoms. The number of esters is 2. The smallest absolute Gasteiger partial charge is 0.412 e. The standard InChI is InChI=1S/C29H34N2O8/c1-18(2)26(32)36-16-20(5)38-28(34)30-24-11-7-22(8-12-24)15-23-9-13-25(14-10-23)31-29(35)39-21(6)17-37-27(33)19(3)4/h7-14,20-21H,1,3,15-17H2,2,4-6H3,(H,30,34)(H,31,35)/t20-,21+. The summed E-state index contributed by atoms with van der Waals surface area (Å²) in [6.45, 7) is 13.1. The highest BCUT2D eigenvalue weighted by molar-refractivity contribution is 5.88. The van der Waals surface area contributed by atoms with Crippen molar-refractivity contribution in [3.8, 4) is 0 Å². The van der Waals surface area contributed by atoms with E-state index in [9.17, 15) is 19.2 Å². The maximum absolute atomic E-state index is 12.1. The molecule has 2 rings (SSSR count). The lowest BCUT2D eigenvalue weighted by Crippen LogP contribution is -2.25. The van der Waals surface area contributed by atoms with E-state index in [1.54, 1.807) is 38.1 Å². The fraction of sp³-hybridized carbons (Fsp3) is 0.310. The molecule has 0 saturated heterocycles. The van der Waals surface area contributed by atoms with E-state index in [4.69, 9.17) is 18.9 Å². The lowest BCUT2D eigenvalue weighted by atomic mass is 10.0.